The van der Waals surface area contributed by atoms with Gasteiger partial charge in [-0.25, -0.2) is 13.8 Å². The molecule has 4 rings (SSSR count). The monoisotopic (exact) mass is 458 g/mol. The van der Waals surface area contributed by atoms with Gasteiger partial charge in [0.1, 0.15) is 24.1 Å². The van der Waals surface area contributed by atoms with Crippen LogP contribution < -0.4 is 5.56 Å². The average Bonchev–Trinajstić information content (AvgIpc) is 2.81. The lowest BCUT2D eigenvalue weighted by molar-refractivity contribution is 0.153. The van der Waals surface area contributed by atoms with Crippen LogP contribution in [0.15, 0.2) is 28.1 Å². The van der Waals surface area contributed by atoms with E-state index in [1.54, 1.807) is 0 Å². The zero-order chi connectivity index (χ0) is 23.4. The normalized spacial score (nSPS) is 17.8. The van der Waals surface area contributed by atoms with E-state index in [4.69, 9.17) is 9.82 Å². The first-order valence-electron chi connectivity index (χ1n) is 11.9. The van der Waals surface area contributed by atoms with Gasteiger partial charge in [-0.1, -0.05) is 5.16 Å². The predicted molar refractivity (Wildman–Crippen MR) is 124 cm³/mol. The first kappa shape index (κ1) is 23.5. The minimum Gasteiger partial charge on any atom is -0.396 e. The van der Waals surface area contributed by atoms with E-state index in [1.165, 1.54) is 12.1 Å². The number of likely N-dealkylation sites (tertiary alicyclic amines) is 1. The van der Waals surface area contributed by atoms with Crippen LogP contribution >= 0.6 is 0 Å². The molecule has 0 amide bonds. The number of nitrogens with zero attached hydrogens (tertiary/aromatic N) is 4. The number of rotatable bonds is 7. The molecule has 0 N–H and O–H groups in total. The number of hydrogen-bond donors (Lipinski definition) is 0. The molecule has 33 heavy (non-hydrogen) atoms. The Bertz CT molecular complexity index is 1070. The van der Waals surface area contributed by atoms with Crippen molar-refractivity contribution in [1.29, 1.82) is 0 Å². The third-order valence-corrected chi connectivity index (χ3v) is 6.73. The number of benzene rings is 1. The zero-order valence-electron chi connectivity index (χ0n) is 19.4. The number of hydrogen-bond acceptors (Lipinski definition) is 5. The quantitative estimate of drug-likeness (QED) is 0.467. The fourth-order valence-electron chi connectivity index (χ4n) is 4.89. The van der Waals surface area contributed by atoms with E-state index < -0.39 is 11.6 Å². The van der Waals surface area contributed by atoms with Crippen molar-refractivity contribution in [2.24, 2.45) is 11.1 Å². The molecule has 2 aromatic rings. The lowest BCUT2D eigenvalue weighted by atomic mass is 9.87. The van der Waals surface area contributed by atoms with Gasteiger partial charge < -0.3 is 9.74 Å². The highest BCUT2D eigenvalue weighted by atomic mass is 19.1. The van der Waals surface area contributed by atoms with Crippen LogP contribution in [0.25, 0.3) is 0 Å². The summed E-state index contributed by atoms with van der Waals surface area (Å²) in [6, 6.07) is 3.58. The summed E-state index contributed by atoms with van der Waals surface area (Å²) >= 11 is 0. The van der Waals surface area contributed by atoms with E-state index in [1.807, 2.05) is 18.4 Å². The maximum Gasteiger partial charge on any atom is 0.256 e. The van der Waals surface area contributed by atoms with Gasteiger partial charge in [-0.2, -0.15) is 0 Å². The van der Waals surface area contributed by atoms with Crippen LogP contribution in [0.1, 0.15) is 55.3 Å². The molecule has 2 aliphatic heterocycles. The third-order valence-electron chi connectivity index (χ3n) is 6.73. The van der Waals surface area contributed by atoms with Gasteiger partial charge in [-0.15, -0.1) is 0 Å². The van der Waals surface area contributed by atoms with E-state index >= 15 is 0 Å². The molecule has 0 unspecified atom stereocenters. The molecule has 6 nitrogen and oxygen atoms in total. The highest BCUT2D eigenvalue weighted by Gasteiger charge is 2.27. The smallest absolute Gasteiger partial charge is 0.256 e. The molecule has 0 spiro atoms. The minimum atomic E-state index is -0.619. The lowest BCUT2D eigenvalue weighted by Gasteiger charge is -2.32. The molecule has 8 heteroatoms. The van der Waals surface area contributed by atoms with Crippen molar-refractivity contribution < 1.29 is 13.6 Å². The maximum atomic E-state index is 14.4. The summed E-state index contributed by atoms with van der Waals surface area (Å²) in [5, 5.41) is 4.19. The van der Waals surface area contributed by atoms with Crippen molar-refractivity contribution in [1.82, 2.24) is 14.5 Å². The second-order valence-corrected chi connectivity index (χ2v) is 8.89. The van der Waals surface area contributed by atoms with Crippen LogP contribution in [0, 0.1) is 24.5 Å². The summed E-state index contributed by atoms with van der Waals surface area (Å²) in [5.41, 5.74) is 2.62. The van der Waals surface area contributed by atoms with E-state index in [-0.39, 0.29) is 11.5 Å². The summed E-state index contributed by atoms with van der Waals surface area (Å²) in [7, 11) is 0. The minimum absolute atomic E-state index is 0.0329. The Kier molecular flexibility index (Phi) is 7.53. The van der Waals surface area contributed by atoms with Crippen molar-refractivity contribution in [2.45, 2.75) is 58.9 Å². The predicted octanol–water partition coefficient (Wildman–Crippen LogP) is 3.86. The van der Waals surface area contributed by atoms with Crippen LogP contribution in [0.5, 0.6) is 0 Å². The second-order valence-electron chi connectivity index (χ2n) is 8.89. The van der Waals surface area contributed by atoms with Crippen LogP contribution in [0.2, 0.25) is 0 Å². The molecule has 2 aliphatic rings. The largest absolute Gasteiger partial charge is 0.396 e. The molecular formula is C25H32F2N4O2. The van der Waals surface area contributed by atoms with E-state index in [2.05, 4.69) is 10.1 Å². The Morgan fingerprint density at radius 1 is 1.21 bits per heavy atom. The molecule has 178 valence electrons. The third kappa shape index (κ3) is 5.32. The van der Waals surface area contributed by atoms with Crippen molar-refractivity contribution in [3.8, 4) is 0 Å². The highest BCUT2D eigenvalue weighted by Crippen LogP contribution is 2.25. The van der Waals surface area contributed by atoms with Crippen molar-refractivity contribution >= 4 is 5.71 Å². The lowest BCUT2D eigenvalue weighted by Crippen LogP contribution is -2.39. The van der Waals surface area contributed by atoms with Gasteiger partial charge in [0.05, 0.1) is 5.71 Å². The Hall–Kier alpha value is -2.61. The van der Waals surface area contributed by atoms with Gasteiger partial charge in [0, 0.05) is 48.3 Å². The fourth-order valence-corrected chi connectivity index (χ4v) is 4.89. The Morgan fingerprint density at radius 3 is 2.73 bits per heavy atom. The number of oxime groups is 1. The summed E-state index contributed by atoms with van der Waals surface area (Å²) < 4.78 is 29.7. The summed E-state index contributed by atoms with van der Waals surface area (Å²) in [4.78, 5) is 25.3. The summed E-state index contributed by atoms with van der Waals surface area (Å²) in [5.74, 6) is -0.274. The summed E-state index contributed by atoms with van der Waals surface area (Å²) in [6.07, 6.45) is 5.27. The fraction of sp³-hybridized carbons (Fsp3) is 0.560. The van der Waals surface area contributed by atoms with Crippen molar-refractivity contribution in [2.75, 3.05) is 26.2 Å². The number of aryl methyl sites for hydroxylation is 2. The van der Waals surface area contributed by atoms with Crippen molar-refractivity contribution in [3.05, 3.63) is 62.8 Å². The van der Waals surface area contributed by atoms with Gasteiger partial charge in [0.15, 0.2) is 0 Å². The topological polar surface area (TPSA) is 59.7 Å². The molecule has 1 aromatic heterocycles. The Morgan fingerprint density at radius 2 is 2.00 bits per heavy atom. The first-order chi connectivity index (χ1) is 16.0. The van der Waals surface area contributed by atoms with Gasteiger partial charge in [0.2, 0.25) is 0 Å². The second kappa shape index (κ2) is 10.5. The first-order valence-corrected chi connectivity index (χ1v) is 11.9. The number of halogens is 2. The van der Waals surface area contributed by atoms with Gasteiger partial charge >= 0.3 is 0 Å². The molecule has 0 atom stereocenters. The number of aromatic nitrogens is 2. The molecule has 1 saturated heterocycles. The summed E-state index contributed by atoms with van der Waals surface area (Å²) in [6.45, 7) is 7.33. The highest BCUT2D eigenvalue weighted by molar-refractivity contribution is 6.02. The van der Waals surface area contributed by atoms with Gasteiger partial charge in [0.25, 0.3) is 5.56 Å². The molecule has 1 aromatic carbocycles. The van der Waals surface area contributed by atoms with E-state index in [0.717, 1.165) is 81.4 Å². The van der Waals surface area contributed by atoms with Crippen molar-refractivity contribution in [3.63, 3.8) is 0 Å². The molecule has 0 aliphatic carbocycles. The molecule has 0 saturated carbocycles. The standard InChI is InChI=1S/C25H32F2N4O2/c1-3-33-29-24(21-8-7-19(26)16-22(21)27)18-9-13-30(14-10-18)15-11-20-17(2)28-23-6-4-5-12-31(23)25(20)32/h7-8,16,18H,3-6,9-15H2,1-2H3/b29-24-. The van der Waals surface area contributed by atoms with Gasteiger partial charge in [-0.05, 0) is 71.2 Å². The zero-order valence-corrected chi connectivity index (χ0v) is 19.4. The molecule has 0 bridgehead atoms. The van der Waals surface area contributed by atoms with Crippen LogP contribution in [-0.4, -0.2) is 46.4 Å². The molecule has 0 radical (unpaired) electrons. The molecule has 1 fully saturated rings. The molecule has 3 heterocycles. The SMILES string of the molecule is CCO/N=C(\c1ccc(F)cc1F)C1CCN(CCc2c(C)nc3n(c2=O)CCCC3)CC1. The Balaban J connectivity index is 1.41. The average molecular weight is 459 g/mol. The number of fused-ring (bicyclic) bond motifs is 1. The number of piperidine rings is 1. The van der Waals surface area contributed by atoms with Crippen LogP contribution in [0.3, 0.4) is 0 Å². The maximum absolute atomic E-state index is 14.4. The van der Waals surface area contributed by atoms with Gasteiger partial charge in [-0.3, -0.25) is 9.36 Å². The van der Waals surface area contributed by atoms with Crippen LogP contribution in [0.4, 0.5) is 8.78 Å². The van der Waals surface area contributed by atoms with Crippen LogP contribution in [-0.2, 0) is 24.2 Å². The molecular weight excluding hydrogens is 426 g/mol. The Labute approximate surface area is 193 Å². The van der Waals surface area contributed by atoms with E-state index in [0.29, 0.717) is 24.3 Å². The van der Waals surface area contributed by atoms with E-state index in [9.17, 15) is 13.6 Å².